The van der Waals surface area contributed by atoms with Crippen molar-refractivity contribution in [1.29, 1.82) is 0 Å². The van der Waals surface area contributed by atoms with Crippen molar-refractivity contribution in [3.8, 4) is 0 Å². The van der Waals surface area contributed by atoms with Gasteiger partial charge in [-0.15, -0.1) is 0 Å². The molecular formula is C13H21NO4. The number of carbonyl (C=O) groups is 2. The molecule has 0 aromatic carbocycles. The van der Waals surface area contributed by atoms with Gasteiger partial charge in [-0.3, -0.25) is 4.79 Å². The van der Waals surface area contributed by atoms with Gasteiger partial charge in [0.2, 0.25) is 0 Å². The molecule has 1 heterocycles. The molecule has 0 saturated carbocycles. The lowest BCUT2D eigenvalue weighted by Crippen LogP contribution is -2.26. The van der Waals surface area contributed by atoms with Gasteiger partial charge in [0, 0.05) is 13.3 Å². The summed E-state index contributed by atoms with van der Waals surface area (Å²) in [5.74, 6) is -0.351. The molecule has 5 heteroatoms. The number of hydrogen-bond acceptors (Lipinski definition) is 4. The molecule has 1 amide bonds. The molecular weight excluding hydrogens is 234 g/mol. The molecule has 0 aromatic heterocycles. The SMILES string of the molecule is CCCCCCC1=NC(=O)OCCC1OC(C)=O. The lowest BCUT2D eigenvalue weighted by molar-refractivity contribution is -0.143. The first kappa shape index (κ1) is 14.7. The van der Waals surface area contributed by atoms with Gasteiger partial charge < -0.3 is 9.47 Å². The maximum atomic E-state index is 11.3. The van der Waals surface area contributed by atoms with E-state index < -0.39 is 12.2 Å². The Morgan fingerprint density at radius 3 is 2.89 bits per heavy atom. The Kier molecular flexibility index (Phi) is 6.39. The van der Waals surface area contributed by atoms with Gasteiger partial charge in [0.15, 0.2) is 0 Å². The number of cyclic esters (lactones) is 1. The summed E-state index contributed by atoms with van der Waals surface area (Å²) in [7, 11) is 0. The Hall–Kier alpha value is -1.39. The molecule has 1 aliphatic rings. The van der Waals surface area contributed by atoms with Crippen molar-refractivity contribution in [2.24, 2.45) is 4.99 Å². The second-order valence-corrected chi connectivity index (χ2v) is 4.41. The molecule has 0 aliphatic carbocycles. The average molecular weight is 255 g/mol. The highest BCUT2D eigenvalue weighted by molar-refractivity contribution is 5.97. The molecule has 0 spiro atoms. The van der Waals surface area contributed by atoms with Gasteiger partial charge in [0.25, 0.3) is 0 Å². The van der Waals surface area contributed by atoms with Crippen molar-refractivity contribution in [1.82, 2.24) is 0 Å². The summed E-state index contributed by atoms with van der Waals surface area (Å²) in [6.45, 7) is 3.75. The minimum atomic E-state index is -0.574. The highest BCUT2D eigenvalue weighted by Crippen LogP contribution is 2.14. The third-order valence-corrected chi connectivity index (χ3v) is 2.81. The number of ether oxygens (including phenoxy) is 2. The first-order valence-corrected chi connectivity index (χ1v) is 6.55. The van der Waals surface area contributed by atoms with Crippen LogP contribution in [0.15, 0.2) is 4.99 Å². The zero-order valence-electron chi connectivity index (χ0n) is 11.1. The van der Waals surface area contributed by atoms with Crippen molar-refractivity contribution in [3.05, 3.63) is 0 Å². The molecule has 0 N–H and O–H groups in total. The van der Waals surface area contributed by atoms with Gasteiger partial charge in [-0.05, 0) is 12.8 Å². The number of hydrogen-bond donors (Lipinski definition) is 0. The van der Waals surface area contributed by atoms with Crippen LogP contribution in [0.5, 0.6) is 0 Å². The average Bonchev–Trinajstić information content (AvgIpc) is 2.47. The summed E-state index contributed by atoms with van der Waals surface area (Å²) in [5, 5.41) is 0. The van der Waals surface area contributed by atoms with E-state index in [1.54, 1.807) is 0 Å². The number of rotatable bonds is 6. The van der Waals surface area contributed by atoms with Crippen molar-refractivity contribution in [2.75, 3.05) is 6.61 Å². The molecule has 0 radical (unpaired) electrons. The van der Waals surface area contributed by atoms with Gasteiger partial charge in [-0.1, -0.05) is 26.2 Å². The molecule has 102 valence electrons. The van der Waals surface area contributed by atoms with Gasteiger partial charge in [-0.25, -0.2) is 4.79 Å². The van der Waals surface area contributed by atoms with Gasteiger partial charge in [0.05, 0.1) is 12.3 Å². The van der Waals surface area contributed by atoms with Crippen LogP contribution in [0.4, 0.5) is 4.79 Å². The Bertz CT molecular complexity index is 325. The minimum absolute atomic E-state index is 0.249. The number of carbonyl (C=O) groups excluding carboxylic acids is 2. The van der Waals surface area contributed by atoms with Crippen molar-refractivity contribution in [2.45, 2.75) is 58.5 Å². The number of amides is 1. The first-order valence-electron chi connectivity index (χ1n) is 6.55. The second-order valence-electron chi connectivity index (χ2n) is 4.41. The fourth-order valence-electron chi connectivity index (χ4n) is 1.92. The maximum absolute atomic E-state index is 11.3. The standard InChI is InChI=1S/C13H21NO4/c1-3-4-5-6-7-11-12(18-10(2)15)8-9-17-13(16)14-11/h12H,3-9H2,1-2H3. The van der Waals surface area contributed by atoms with E-state index in [2.05, 4.69) is 11.9 Å². The molecule has 1 atom stereocenters. The normalized spacial score (nSPS) is 19.8. The van der Waals surface area contributed by atoms with E-state index in [1.807, 2.05) is 0 Å². The molecule has 1 rings (SSSR count). The molecule has 18 heavy (non-hydrogen) atoms. The summed E-state index contributed by atoms with van der Waals surface area (Å²) in [6.07, 6.45) is 4.57. The molecule has 5 nitrogen and oxygen atoms in total. The van der Waals surface area contributed by atoms with Crippen LogP contribution >= 0.6 is 0 Å². The summed E-state index contributed by atoms with van der Waals surface area (Å²) >= 11 is 0. The molecule has 0 fully saturated rings. The van der Waals surface area contributed by atoms with E-state index >= 15 is 0 Å². The zero-order chi connectivity index (χ0) is 13.4. The lowest BCUT2D eigenvalue weighted by Gasteiger charge is -2.16. The molecule has 1 unspecified atom stereocenters. The van der Waals surface area contributed by atoms with E-state index in [0.717, 1.165) is 25.7 Å². The second kappa shape index (κ2) is 7.84. The monoisotopic (exact) mass is 255 g/mol. The van der Waals surface area contributed by atoms with Gasteiger partial charge >= 0.3 is 12.1 Å². The fourth-order valence-corrected chi connectivity index (χ4v) is 1.92. The lowest BCUT2D eigenvalue weighted by atomic mass is 10.0. The summed E-state index contributed by atoms with van der Waals surface area (Å²) in [6, 6.07) is 0. The predicted molar refractivity (Wildman–Crippen MR) is 67.7 cm³/mol. The Balaban J connectivity index is 2.58. The van der Waals surface area contributed by atoms with Crippen molar-refractivity contribution >= 4 is 17.8 Å². The van der Waals surface area contributed by atoms with Crippen LogP contribution in [0, 0.1) is 0 Å². The Morgan fingerprint density at radius 2 is 2.22 bits per heavy atom. The number of esters is 1. The Labute approximate surface area is 108 Å². The van der Waals surface area contributed by atoms with Gasteiger partial charge in [-0.2, -0.15) is 4.99 Å². The summed E-state index contributed by atoms with van der Waals surface area (Å²) < 4.78 is 10.0. The van der Waals surface area contributed by atoms with E-state index in [4.69, 9.17) is 9.47 Å². The Morgan fingerprint density at radius 1 is 1.44 bits per heavy atom. The zero-order valence-corrected chi connectivity index (χ0v) is 11.1. The van der Waals surface area contributed by atoms with E-state index in [9.17, 15) is 9.59 Å². The summed E-state index contributed by atoms with van der Waals surface area (Å²) in [5.41, 5.74) is 0.642. The minimum Gasteiger partial charge on any atom is -0.456 e. The number of aliphatic imine (C=N–C) groups is 1. The van der Waals surface area contributed by atoms with Crippen LogP contribution in [0.1, 0.15) is 52.4 Å². The largest absolute Gasteiger partial charge is 0.456 e. The topological polar surface area (TPSA) is 65.0 Å². The van der Waals surface area contributed by atoms with Crippen molar-refractivity contribution in [3.63, 3.8) is 0 Å². The smallest absolute Gasteiger partial charge is 0.433 e. The van der Waals surface area contributed by atoms with Crippen LogP contribution in [-0.2, 0) is 14.3 Å². The fraction of sp³-hybridized carbons (Fsp3) is 0.769. The third kappa shape index (κ3) is 5.29. The molecule has 0 aromatic rings. The molecule has 1 aliphatic heterocycles. The van der Waals surface area contributed by atoms with Gasteiger partial charge in [0.1, 0.15) is 6.10 Å². The highest BCUT2D eigenvalue weighted by atomic mass is 16.6. The van der Waals surface area contributed by atoms with E-state index in [-0.39, 0.29) is 12.6 Å². The van der Waals surface area contributed by atoms with Crippen LogP contribution in [-0.4, -0.2) is 30.5 Å². The van der Waals surface area contributed by atoms with Crippen LogP contribution in [0.25, 0.3) is 0 Å². The predicted octanol–water partition coefficient (Wildman–Crippen LogP) is 2.87. The maximum Gasteiger partial charge on any atom is 0.433 e. The number of nitrogens with zero attached hydrogens (tertiary/aromatic N) is 1. The van der Waals surface area contributed by atoms with Crippen LogP contribution in [0.2, 0.25) is 0 Å². The van der Waals surface area contributed by atoms with E-state index in [0.29, 0.717) is 18.6 Å². The van der Waals surface area contributed by atoms with Crippen LogP contribution < -0.4 is 0 Å². The molecule has 0 saturated heterocycles. The van der Waals surface area contributed by atoms with Crippen LogP contribution in [0.3, 0.4) is 0 Å². The number of unbranched alkanes of at least 4 members (excludes halogenated alkanes) is 3. The highest BCUT2D eigenvalue weighted by Gasteiger charge is 2.23. The van der Waals surface area contributed by atoms with Crippen molar-refractivity contribution < 1.29 is 19.1 Å². The third-order valence-electron chi connectivity index (χ3n) is 2.81. The first-order chi connectivity index (χ1) is 8.63. The summed E-state index contributed by atoms with van der Waals surface area (Å²) in [4.78, 5) is 26.2. The van der Waals surface area contributed by atoms with E-state index in [1.165, 1.54) is 6.92 Å². The quantitative estimate of drug-likeness (QED) is 0.540. The molecule has 0 bridgehead atoms.